The fourth-order valence-corrected chi connectivity index (χ4v) is 4.47. The molecule has 0 spiro atoms. The maximum atomic E-state index is 5.88. The lowest BCUT2D eigenvalue weighted by Gasteiger charge is -2.29. The van der Waals surface area contributed by atoms with E-state index >= 15 is 0 Å². The SMILES string of the molecule is CCO[Si](CC)(CCNCCCN)OCC. The van der Waals surface area contributed by atoms with Crippen molar-refractivity contribution in [2.45, 2.75) is 39.3 Å². The Hall–Kier alpha value is 0.0569. The molecule has 0 heterocycles. The van der Waals surface area contributed by atoms with Gasteiger partial charge >= 0.3 is 8.56 Å². The molecule has 0 aromatic rings. The van der Waals surface area contributed by atoms with E-state index < -0.39 is 8.56 Å². The normalized spacial score (nSPS) is 12.0. The third-order valence-corrected chi connectivity index (χ3v) is 6.31. The summed E-state index contributed by atoms with van der Waals surface area (Å²) in [6, 6.07) is 2.04. The van der Waals surface area contributed by atoms with Crippen LogP contribution in [0.15, 0.2) is 0 Å². The number of hydrogen-bond donors (Lipinski definition) is 2. The fraction of sp³-hybridized carbons (Fsp3) is 1.00. The lowest BCUT2D eigenvalue weighted by molar-refractivity contribution is 0.183. The Morgan fingerprint density at radius 3 is 2.12 bits per heavy atom. The first-order valence-corrected chi connectivity index (χ1v) is 8.66. The zero-order valence-corrected chi connectivity index (χ0v) is 12.1. The molecule has 0 saturated carbocycles. The first-order chi connectivity index (χ1) is 7.74. The van der Waals surface area contributed by atoms with Crippen molar-refractivity contribution in [1.82, 2.24) is 5.32 Å². The van der Waals surface area contributed by atoms with Gasteiger partial charge in [-0.1, -0.05) is 6.92 Å². The molecule has 0 rings (SSSR count). The van der Waals surface area contributed by atoms with Crippen LogP contribution in [0.5, 0.6) is 0 Å². The molecule has 0 atom stereocenters. The van der Waals surface area contributed by atoms with Crippen molar-refractivity contribution in [1.29, 1.82) is 0 Å². The van der Waals surface area contributed by atoms with Crippen LogP contribution < -0.4 is 11.1 Å². The molecule has 16 heavy (non-hydrogen) atoms. The second-order valence-electron chi connectivity index (χ2n) is 3.77. The summed E-state index contributed by atoms with van der Waals surface area (Å²) in [5.74, 6) is 0. The minimum atomic E-state index is -1.92. The zero-order valence-electron chi connectivity index (χ0n) is 11.1. The maximum Gasteiger partial charge on any atom is 0.339 e. The minimum Gasteiger partial charge on any atom is -0.394 e. The maximum absolute atomic E-state index is 5.88. The molecule has 0 aliphatic rings. The highest BCUT2D eigenvalue weighted by atomic mass is 28.4. The van der Waals surface area contributed by atoms with Gasteiger partial charge in [0, 0.05) is 19.3 Å². The Bertz CT molecular complexity index is 153. The molecule has 3 N–H and O–H groups in total. The molecule has 0 aliphatic carbocycles. The van der Waals surface area contributed by atoms with Crippen LogP contribution in [-0.4, -0.2) is 41.4 Å². The molecule has 0 radical (unpaired) electrons. The van der Waals surface area contributed by atoms with Crippen molar-refractivity contribution in [3.05, 3.63) is 0 Å². The number of rotatable bonds is 11. The number of hydrogen-bond acceptors (Lipinski definition) is 4. The van der Waals surface area contributed by atoms with E-state index in [1.165, 1.54) is 0 Å². The molecule has 98 valence electrons. The van der Waals surface area contributed by atoms with Crippen LogP contribution >= 0.6 is 0 Å². The van der Waals surface area contributed by atoms with Crippen LogP contribution in [0.25, 0.3) is 0 Å². The van der Waals surface area contributed by atoms with Gasteiger partial charge in [0.2, 0.25) is 0 Å². The Kier molecular flexibility index (Phi) is 10.3. The first-order valence-electron chi connectivity index (χ1n) is 6.43. The molecule has 0 aromatic carbocycles. The summed E-state index contributed by atoms with van der Waals surface area (Å²) in [6.45, 7) is 10.5. The summed E-state index contributed by atoms with van der Waals surface area (Å²) < 4.78 is 11.8. The van der Waals surface area contributed by atoms with E-state index in [9.17, 15) is 0 Å². The molecule has 0 saturated heterocycles. The van der Waals surface area contributed by atoms with Crippen LogP contribution in [-0.2, 0) is 8.85 Å². The standard InChI is InChI=1S/C11H28N2O2Si/c1-4-14-16(6-3,15-5-2)11-10-13-9-7-8-12/h13H,4-12H2,1-3H3. The van der Waals surface area contributed by atoms with E-state index in [1.54, 1.807) is 0 Å². The average Bonchev–Trinajstić information content (AvgIpc) is 2.29. The zero-order chi connectivity index (χ0) is 12.3. The lowest BCUT2D eigenvalue weighted by atomic mass is 10.4. The summed E-state index contributed by atoms with van der Waals surface area (Å²) >= 11 is 0. The Morgan fingerprint density at radius 1 is 1.06 bits per heavy atom. The lowest BCUT2D eigenvalue weighted by Crippen LogP contribution is -2.44. The minimum absolute atomic E-state index is 0.750. The number of nitrogens with two attached hydrogens (primary N) is 1. The van der Waals surface area contributed by atoms with Crippen LogP contribution in [0.3, 0.4) is 0 Å². The second kappa shape index (κ2) is 10.2. The van der Waals surface area contributed by atoms with Crippen LogP contribution in [0.1, 0.15) is 27.2 Å². The Labute approximate surface area is 101 Å². The van der Waals surface area contributed by atoms with Gasteiger partial charge in [0.05, 0.1) is 0 Å². The molecular weight excluding hydrogens is 220 g/mol. The number of nitrogens with one attached hydrogen (secondary N) is 1. The topological polar surface area (TPSA) is 56.5 Å². The second-order valence-corrected chi connectivity index (χ2v) is 7.38. The van der Waals surface area contributed by atoms with Gasteiger partial charge < -0.3 is 19.9 Å². The van der Waals surface area contributed by atoms with E-state index in [4.69, 9.17) is 14.6 Å². The molecule has 4 nitrogen and oxygen atoms in total. The van der Waals surface area contributed by atoms with Crippen molar-refractivity contribution in [2.24, 2.45) is 5.73 Å². The van der Waals surface area contributed by atoms with Crippen LogP contribution in [0.4, 0.5) is 0 Å². The Balaban J connectivity index is 3.89. The quantitative estimate of drug-likeness (QED) is 0.429. The van der Waals surface area contributed by atoms with Gasteiger partial charge in [-0.05, 0) is 45.9 Å². The molecule has 0 bridgehead atoms. The van der Waals surface area contributed by atoms with Gasteiger partial charge in [-0.15, -0.1) is 0 Å². The highest BCUT2D eigenvalue weighted by Gasteiger charge is 2.34. The Morgan fingerprint density at radius 2 is 1.69 bits per heavy atom. The molecule has 0 aromatic heterocycles. The third kappa shape index (κ3) is 6.60. The van der Waals surface area contributed by atoms with Gasteiger partial charge in [0.1, 0.15) is 0 Å². The molecule has 5 heteroatoms. The van der Waals surface area contributed by atoms with E-state index in [0.717, 1.165) is 51.4 Å². The summed E-state index contributed by atoms with van der Waals surface area (Å²) in [7, 11) is -1.92. The molecule has 0 unspecified atom stereocenters. The smallest absolute Gasteiger partial charge is 0.339 e. The highest BCUT2D eigenvalue weighted by molar-refractivity contribution is 6.67. The summed E-state index contributed by atoms with van der Waals surface area (Å²) in [4.78, 5) is 0. The van der Waals surface area contributed by atoms with Crippen molar-refractivity contribution >= 4 is 8.56 Å². The van der Waals surface area contributed by atoms with Gasteiger partial charge in [-0.25, -0.2) is 0 Å². The average molecular weight is 248 g/mol. The predicted octanol–water partition coefficient (Wildman–Crippen LogP) is 1.46. The molecule has 0 fully saturated rings. The van der Waals surface area contributed by atoms with E-state index in [1.807, 2.05) is 13.8 Å². The first kappa shape index (κ1) is 16.1. The monoisotopic (exact) mass is 248 g/mol. The highest BCUT2D eigenvalue weighted by Crippen LogP contribution is 2.18. The third-order valence-electron chi connectivity index (χ3n) is 2.59. The van der Waals surface area contributed by atoms with E-state index in [0.29, 0.717) is 0 Å². The van der Waals surface area contributed by atoms with E-state index in [2.05, 4.69) is 12.2 Å². The van der Waals surface area contributed by atoms with Crippen molar-refractivity contribution in [2.75, 3.05) is 32.8 Å². The van der Waals surface area contributed by atoms with Gasteiger partial charge in [0.25, 0.3) is 0 Å². The fourth-order valence-electron chi connectivity index (χ4n) is 1.72. The summed E-state index contributed by atoms with van der Waals surface area (Å²) in [5, 5.41) is 3.39. The predicted molar refractivity (Wildman–Crippen MR) is 70.8 cm³/mol. The van der Waals surface area contributed by atoms with E-state index in [-0.39, 0.29) is 0 Å². The van der Waals surface area contributed by atoms with Gasteiger partial charge in [-0.2, -0.15) is 0 Å². The molecule has 0 aliphatic heterocycles. The van der Waals surface area contributed by atoms with Crippen LogP contribution in [0, 0.1) is 0 Å². The largest absolute Gasteiger partial charge is 0.394 e. The summed E-state index contributed by atoms with van der Waals surface area (Å²) in [5.41, 5.74) is 5.44. The van der Waals surface area contributed by atoms with Crippen molar-refractivity contribution < 1.29 is 8.85 Å². The van der Waals surface area contributed by atoms with Crippen molar-refractivity contribution in [3.8, 4) is 0 Å². The van der Waals surface area contributed by atoms with Crippen LogP contribution in [0.2, 0.25) is 12.1 Å². The summed E-state index contributed by atoms with van der Waals surface area (Å²) in [6.07, 6.45) is 1.03. The van der Waals surface area contributed by atoms with Crippen molar-refractivity contribution in [3.63, 3.8) is 0 Å². The molecule has 0 amide bonds. The van der Waals surface area contributed by atoms with Gasteiger partial charge in [0.15, 0.2) is 0 Å². The van der Waals surface area contributed by atoms with Gasteiger partial charge in [-0.3, -0.25) is 0 Å². The molecular formula is C11H28N2O2Si.